The largest absolute Gasteiger partial charge is 0.352 e. The Morgan fingerprint density at radius 3 is 2.62 bits per heavy atom. The smallest absolute Gasteiger partial charge is 0.321 e. The first-order chi connectivity index (χ1) is 16.6. The Labute approximate surface area is 198 Å². The number of anilines is 1. The zero-order valence-electron chi connectivity index (χ0n) is 19.1. The lowest BCUT2D eigenvalue weighted by molar-refractivity contribution is -0.121. The highest BCUT2D eigenvalue weighted by molar-refractivity contribution is 5.89. The van der Waals surface area contributed by atoms with Crippen LogP contribution in [-0.4, -0.2) is 39.5 Å². The Morgan fingerprint density at radius 2 is 1.82 bits per heavy atom. The third kappa shape index (κ3) is 4.95. The van der Waals surface area contributed by atoms with E-state index in [9.17, 15) is 14.4 Å². The third-order valence-electron chi connectivity index (χ3n) is 6.43. The van der Waals surface area contributed by atoms with Crippen molar-refractivity contribution >= 4 is 28.5 Å². The molecule has 2 heterocycles. The van der Waals surface area contributed by atoms with Crippen LogP contribution in [0, 0.1) is 0 Å². The van der Waals surface area contributed by atoms with Gasteiger partial charge >= 0.3 is 6.03 Å². The number of nitrogens with zero attached hydrogens (tertiary/aromatic N) is 3. The van der Waals surface area contributed by atoms with E-state index in [1.165, 1.54) is 0 Å². The van der Waals surface area contributed by atoms with Crippen molar-refractivity contribution in [2.24, 2.45) is 0 Å². The van der Waals surface area contributed by atoms with Crippen molar-refractivity contribution < 1.29 is 9.59 Å². The molecule has 1 saturated heterocycles. The topological polar surface area (TPSA) is 96.3 Å². The molecule has 3 amide bonds. The van der Waals surface area contributed by atoms with Crippen LogP contribution in [0.5, 0.6) is 0 Å². The number of urea groups is 1. The fourth-order valence-corrected chi connectivity index (χ4v) is 4.47. The molecule has 176 valence electrons. The molecule has 1 saturated carbocycles. The molecule has 2 aromatic carbocycles. The summed E-state index contributed by atoms with van der Waals surface area (Å²) in [5, 5.41) is 6.50. The van der Waals surface area contributed by atoms with E-state index in [4.69, 9.17) is 4.98 Å². The van der Waals surface area contributed by atoms with Crippen LogP contribution in [0.4, 0.5) is 10.5 Å². The summed E-state index contributed by atoms with van der Waals surface area (Å²) in [5.74, 6) is 0.573. The standard InChI is InChI=1S/C26H29N5O3/c32-24(27-17-18-6-5-7-19(16-18)28-26(34)30-14-3-4-15-30)13-12-23-29-22-9-2-1-8-21(22)25(33)31(23)20-10-11-20/h1-2,5-9,16,20H,3-4,10-15,17H2,(H,27,32)(H,28,34). The maximum Gasteiger partial charge on any atom is 0.321 e. The van der Waals surface area contributed by atoms with Crippen molar-refractivity contribution in [1.82, 2.24) is 19.8 Å². The summed E-state index contributed by atoms with van der Waals surface area (Å²) >= 11 is 0. The number of aromatic nitrogens is 2. The molecule has 1 aromatic heterocycles. The van der Waals surface area contributed by atoms with Gasteiger partial charge in [0, 0.05) is 44.2 Å². The van der Waals surface area contributed by atoms with E-state index in [0.29, 0.717) is 29.7 Å². The highest BCUT2D eigenvalue weighted by Gasteiger charge is 2.28. The summed E-state index contributed by atoms with van der Waals surface area (Å²) in [4.78, 5) is 44.4. The van der Waals surface area contributed by atoms with Crippen molar-refractivity contribution in [2.75, 3.05) is 18.4 Å². The van der Waals surface area contributed by atoms with Gasteiger partial charge in [0.1, 0.15) is 5.82 Å². The van der Waals surface area contributed by atoms with Gasteiger partial charge in [0.15, 0.2) is 0 Å². The van der Waals surface area contributed by atoms with E-state index in [1.54, 1.807) is 4.57 Å². The molecule has 0 atom stereocenters. The first-order valence-corrected chi connectivity index (χ1v) is 12.0. The molecule has 2 aliphatic rings. The second kappa shape index (κ2) is 9.67. The zero-order chi connectivity index (χ0) is 23.5. The number of carbonyl (C=O) groups excluding carboxylic acids is 2. The zero-order valence-corrected chi connectivity index (χ0v) is 19.1. The number of benzene rings is 2. The minimum absolute atomic E-state index is 0.0173. The van der Waals surface area contributed by atoms with Gasteiger partial charge in [-0.1, -0.05) is 24.3 Å². The Kier molecular flexibility index (Phi) is 6.29. The molecule has 8 nitrogen and oxygen atoms in total. The summed E-state index contributed by atoms with van der Waals surface area (Å²) in [6, 6.07) is 15.0. The summed E-state index contributed by atoms with van der Waals surface area (Å²) in [7, 11) is 0. The average Bonchev–Trinajstić information content (AvgIpc) is 3.52. The Balaban J connectivity index is 1.19. The quantitative estimate of drug-likeness (QED) is 0.564. The summed E-state index contributed by atoms with van der Waals surface area (Å²) in [6.07, 6.45) is 4.71. The molecule has 1 aliphatic heterocycles. The minimum Gasteiger partial charge on any atom is -0.352 e. The normalized spacial score (nSPS) is 15.5. The van der Waals surface area contributed by atoms with Crippen molar-refractivity contribution in [3.05, 3.63) is 70.3 Å². The van der Waals surface area contributed by atoms with Gasteiger partial charge in [-0.2, -0.15) is 0 Å². The number of nitrogens with one attached hydrogen (secondary N) is 2. The van der Waals surface area contributed by atoms with Crippen LogP contribution in [0.2, 0.25) is 0 Å². The second-order valence-corrected chi connectivity index (χ2v) is 9.05. The van der Waals surface area contributed by atoms with Gasteiger partial charge < -0.3 is 15.5 Å². The maximum atomic E-state index is 13.0. The molecule has 8 heteroatoms. The molecule has 2 N–H and O–H groups in total. The molecule has 34 heavy (non-hydrogen) atoms. The Bertz CT molecular complexity index is 1270. The van der Waals surface area contributed by atoms with Crippen LogP contribution in [0.3, 0.4) is 0 Å². The van der Waals surface area contributed by atoms with Crippen LogP contribution in [-0.2, 0) is 17.8 Å². The van der Waals surface area contributed by atoms with E-state index >= 15 is 0 Å². The van der Waals surface area contributed by atoms with Crippen LogP contribution >= 0.6 is 0 Å². The predicted molar refractivity (Wildman–Crippen MR) is 131 cm³/mol. The number of amides is 3. The first-order valence-electron chi connectivity index (χ1n) is 12.0. The van der Waals surface area contributed by atoms with Crippen molar-refractivity contribution in [1.29, 1.82) is 0 Å². The SMILES string of the molecule is O=C(CCc1nc2ccccc2c(=O)n1C1CC1)NCc1cccc(NC(=O)N2CCCC2)c1. The minimum atomic E-state index is -0.101. The summed E-state index contributed by atoms with van der Waals surface area (Å²) in [6.45, 7) is 1.96. The fraction of sp³-hybridized carbons (Fsp3) is 0.385. The van der Waals surface area contributed by atoms with E-state index in [1.807, 2.05) is 53.4 Å². The summed E-state index contributed by atoms with van der Waals surface area (Å²) < 4.78 is 1.78. The molecule has 3 aromatic rings. The monoisotopic (exact) mass is 459 g/mol. The van der Waals surface area contributed by atoms with Gasteiger partial charge in [0.05, 0.1) is 10.9 Å². The Morgan fingerprint density at radius 1 is 1.03 bits per heavy atom. The highest BCUT2D eigenvalue weighted by atomic mass is 16.2. The second-order valence-electron chi connectivity index (χ2n) is 9.05. The van der Waals surface area contributed by atoms with Gasteiger partial charge in [-0.3, -0.25) is 14.2 Å². The lowest BCUT2D eigenvalue weighted by atomic mass is 10.2. The number of rotatable bonds is 7. The first kappa shape index (κ1) is 22.1. The van der Waals surface area contributed by atoms with Gasteiger partial charge in [-0.25, -0.2) is 9.78 Å². The third-order valence-corrected chi connectivity index (χ3v) is 6.43. The van der Waals surface area contributed by atoms with Crippen molar-refractivity contribution in [3.63, 3.8) is 0 Å². The number of hydrogen-bond acceptors (Lipinski definition) is 4. The number of fused-ring (bicyclic) bond motifs is 1. The molecule has 5 rings (SSSR count). The molecule has 0 radical (unpaired) electrons. The number of likely N-dealkylation sites (tertiary alicyclic amines) is 1. The van der Waals surface area contributed by atoms with E-state index in [2.05, 4.69) is 10.6 Å². The molecular weight excluding hydrogens is 430 g/mol. The van der Waals surface area contributed by atoms with Gasteiger partial charge in [0.2, 0.25) is 5.91 Å². The number of carbonyl (C=O) groups is 2. The van der Waals surface area contributed by atoms with Crippen LogP contribution < -0.4 is 16.2 Å². The van der Waals surface area contributed by atoms with Crippen molar-refractivity contribution in [3.8, 4) is 0 Å². The number of aryl methyl sites for hydroxylation is 1. The highest BCUT2D eigenvalue weighted by Crippen LogP contribution is 2.34. The molecule has 0 spiro atoms. The maximum absolute atomic E-state index is 13.0. The van der Waals surface area contributed by atoms with Gasteiger partial charge in [-0.05, 0) is 55.5 Å². The van der Waals surface area contributed by atoms with Crippen LogP contribution in [0.1, 0.15) is 49.5 Å². The van der Waals surface area contributed by atoms with Gasteiger partial charge in [0.25, 0.3) is 5.56 Å². The molecular formula is C26H29N5O3. The molecule has 1 aliphatic carbocycles. The van der Waals surface area contributed by atoms with Gasteiger partial charge in [-0.15, -0.1) is 0 Å². The van der Waals surface area contributed by atoms with E-state index < -0.39 is 0 Å². The predicted octanol–water partition coefficient (Wildman–Crippen LogP) is 3.61. The van der Waals surface area contributed by atoms with Crippen LogP contribution in [0.15, 0.2) is 53.3 Å². The lowest BCUT2D eigenvalue weighted by Gasteiger charge is -2.16. The van der Waals surface area contributed by atoms with Crippen LogP contribution in [0.25, 0.3) is 10.9 Å². The van der Waals surface area contributed by atoms with Crippen molar-refractivity contribution in [2.45, 2.75) is 51.1 Å². The summed E-state index contributed by atoms with van der Waals surface area (Å²) in [5.41, 5.74) is 2.28. The molecule has 0 unspecified atom stereocenters. The lowest BCUT2D eigenvalue weighted by Crippen LogP contribution is -2.32. The molecule has 0 bridgehead atoms. The fourth-order valence-electron chi connectivity index (χ4n) is 4.47. The molecule has 2 fully saturated rings. The van der Waals surface area contributed by atoms with E-state index in [-0.39, 0.29) is 30.0 Å². The number of hydrogen-bond donors (Lipinski definition) is 2. The Hall–Kier alpha value is -3.68. The number of para-hydroxylation sites is 1. The van der Waals surface area contributed by atoms with E-state index in [0.717, 1.165) is 50.0 Å². The average molecular weight is 460 g/mol.